The molecule has 3 saturated heterocycles. The van der Waals surface area contributed by atoms with Crippen molar-refractivity contribution in [1.82, 2.24) is 14.7 Å². The monoisotopic (exact) mass is 590 g/mol. The topological polar surface area (TPSA) is 77.3 Å². The van der Waals surface area contributed by atoms with Gasteiger partial charge in [-0.15, -0.1) is 0 Å². The highest BCUT2D eigenvalue weighted by atomic mass is 35.5. The minimum Gasteiger partial charge on any atom is -0.451 e. The molecule has 3 fully saturated rings. The number of para-hydroxylation sites is 1. The number of rotatable bonds is 7. The first-order valence-corrected chi connectivity index (χ1v) is 15.5. The molecule has 42 heavy (non-hydrogen) atoms. The van der Waals surface area contributed by atoms with Crippen LogP contribution >= 0.6 is 11.6 Å². The number of hydrogen-bond acceptors (Lipinski definition) is 5. The molecular weight excluding hydrogens is 552 g/mol. The largest absolute Gasteiger partial charge is 0.451 e. The minimum atomic E-state index is -0.0953. The molecule has 0 N–H and O–H groups in total. The van der Waals surface area contributed by atoms with Crippen LogP contribution in [-0.2, 0) is 9.59 Å². The number of carbonyl (C=O) groups excluding carboxylic acids is 3. The first-order valence-electron chi connectivity index (χ1n) is 15.1. The molecule has 3 aromatic rings. The van der Waals surface area contributed by atoms with Crippen LogP contribution in [0.1, 0.15) is 42.3 Å². The van der Waals surface area contributed by atoms with Crippen LogP contribution in [0.3, 0.4) is 0 Å². The molecular formula is C33H39ClN4O4. The van der Waals surface area contributed by atoms with Gasteiger partial charge in [-0.1, -0.05) is 35.9 Å². The Labute approximate surface area is 252 Å². The SMILES string of the molecule is CC(=O)N1CCC(C(=O)N(CCCN2CC3CN(C(=O)c4cc5ccccc5o4)CC3C2)c2ccc(C)c(Cl)c2)CC1. The fourth-order valence-electron chi connectivity index (χ4n) is 6.91. The van der Waals surface area contributed by atoms with Crippen LogP contribution in [0.2, 0.25) is 5.02 Å². The number of fused-ring (bicyclic) bond motifs is 2. The van der Waals surface area contributed by atoms with Gasteiger partial charge >= 0.3 is 0 Å². The first-order chi connectivity index (χ1) is 20.3. The second-order valence-corrected chi connectivity index (χ2v) is 12.6. The average Bonchev–Trinajstić information content (AvgIpc) is 3.70. The maximum absolute atomic E-state index is 13.8. The minimum absolute atomic E-state index is 0.0211. The standard InChI is InChI=1S/C33H39ClN4O4/c1-22-8-9-28(17-29(22)34)38(32(40)24-10-14-36(15-11-24)23(2)39)13-5-12-35-18-26-20-37(21-27(26)19-35)33(41)31-16-25-6-3-4-7-30(25)42-31/h3-4,6-9,16-17,24,26-27H,5,10-15,18-21H2,1-2H3. The highest BCUT2D eigenvalue weighted by Gasteiger charge is 2.42. The summed E-state index contributed by atoms with van der Waals surface area (Å²) >= 11 is 6.46. The number of aryl methyl sites for hydroxylation is 1. The van der Waals surface area contributed by atoms with Crippen molar-refractivity contribution in [1.29, 1.82) is 0 Å². The van der Waals surface area contributed by atoms with Gasteiger partial charge in [-0.05, 0) is 74.4 Å². The Kier molecular flexibility index (Phi) is 8.28. The van der Waals surface area contributed by atoms with E-state index in [1.807, 2.05) is 70.2 Å². The third-order valence-electron chi connectivity index (χ3n) is 9.36. The van der Waals surface area contributed by atoms with Crippen molar-refractivity contribution >= 4 is 46.0 Å². The Bertz CT molecular complexity index is 1430. The molecule has 0 aliphatic carbocycles. The molecule has 8 nitrogen and oxygen atoms in total. The van der Waals surface area contributed by atoms with E-state index in [9.17, 15) is 14.4 Å². The number of nitrogens with zero attached hydrogens (tertiary/aromatic N) is 4. The summed E-state index contributed by atoms with van der Waals surface area (Å²) in [6.07, 6.45) is 2.23. The molecule has 0 saturated carbocycles. The molecule has 3 aliphatic rings. The van der Waals surface area contributed by atoms with E-state index in [-0.39, 0.29) is 23.6 Å². The van der Waals surface area contributed by atoms with E-state index in [1.165, 1.54) is 0 Å². The molecule has 0 bridgehead atoms. The molecule has 2 unspecified atom stereocenters. The third kappa shape index (κ3) is 5.92. The quantitative estimate of drug-likeness (QED) is 0.384. The first kappa shape index (κ1) is 28.7. The molecule has 2 atom stereocenters. The zero-order chi connectivity index (χ0) is 29.4. The fourth-order valence-corrected chi connectivity index (χ4v) is 7.09. The number of halogens is 1. The van der Waals surface area contributed by atoms with Crippen LogP contribution in [-0.4, -0.2) is 84.8 Å². The number of likely N-dealkylation sites (tertiary alicyclic amines) is 3. The lowest BCUT2D eigenvalue weighted by atomic mass is 9.94. The Hall–Kier alpha value is -3.36. The molecule has 222 valence electrons. The van der Waals surface area contributed by atoms with Crippen LogP contribution in [0.15, 0.2) is 52.9 Å². The van der Waals surface area contributed by atoms with Crippen molar-refractivity contribution in [2.24, 2.45) is 17.8 Å². The molecule has 2 aromatic carbocycles. The summed E-state index contributed by atoms with van der Waals surface area (Å²) in [7, 11) is 0. The second kappa shape index (κ2) is 12.1. The number of hydrogen-bond donors (Lipinski definition) is 0. The lowest BCUT2D eigenvalue weighted by molar-refractivity contribution is -0.133. The molecule has 9 heteroatoms. The van der Waals surface area contributed by atoms with Gasteiger partial charge in [0.25, 0.3) is 5.91 Å². The van der Waals surface area contributed by atoms with Crippen molar-refractivity contribution < 1.29 is 18.8 Å². The van der Waals surface area contributed by atoms with E-state index in [0.29, 0.717) is 55.1 Å². The molecule has 3 aliphatic heterocycles. The Morgan fingerprint density at radius 2 is 1.67 bits per heavy atom. The maximum atomic E-state index is 13.8. The van der Waals surface area contributed by atoms with Crippen molar-refractivity contribution in [3.8, 4) is 0 Å². The van der Waals surface area contributed by atoms with Gasteiger partial charge in [-0.2, -0.15) is 0 Å². The summed E-state index contributed by atoms with van der Waals surface area (Å²) in [5, 5.41) is 1.61. The predicted molar refractivity (Wildman–Crippen MR) is 164 cm³/mol. The van der Waals surface area contributed by atoms with Gasteiger partial charge in [-0.25, -0.2) is 0 Å². The summed E-state index contributed by atoms with van der Waals surface area (Å²) in [5.41, 5.74) is 2.56. The highest BCUT2D eigenvalue weighted by molar-refractivity contribution is 6.31. The number of piperidine rings is 1. The van der Waals surface area contributed by atoms with Gasteiger partial charge in [0.05, 0.1) is 0 Å². The molecule has 1 aromatic heterocycles. The number of carbonyl (C=O) groups is 3. The van der Waals surface area contributed by atoms with E-state index in [2.05, 4.69) is 4.90 Å². The maximum Gasteiger partial charge on any atom is 0.289 e. The molecule has 3 amide bonds. The number of amides is 3. The van der Waals surface area contributed by atoms with Gasteiger partial charge in [0, 0.05) is 74.8 Å². The molecule has 4 heterocycles. The van der Waals surface area contributed by atoms with Crippen molar-refractivity contribution in [2.45, 2.75) is 33.1 Å². The van der Waals surface area contributed by atoms with Gasteiger partial charge in [-0.3, -0.25) is 14.4 Å². The van der Waals surface area contributed by atoms with Crippen LogP contribution in [0.5, 0.6) is 0 Å². The number of anilines is 1. The van der Waals surface area contributed by atoms with Gasteiger partial charge in [0.2, 0.25) is 11.8 Å². The van der Waals surface area contributed by atoms with E-state index in [4.69, 9.17) is 16.0 Å². The van der Waals surface area contributed by atoms with Crippen LogP contribution in [0.4, 0.5) is 5.69 Å². The van der Waals surface area contributed by atoms with Crippen molar-refractivity contribution in [2.75, 3.05) is 57.3 Å². The predicted octanol–water partition coefficient (Wildman–Crippen LogP) is 5.08. The van der Waals surface area contributed by atoms with Crippen LogP contribution in [0.25, 0.3) is 11.0 Å². The molecule has 0 spiro atoms. The lowest BCUT2D eigenvalue weighted by Gasteiger charge is -2.34. The smallest absolute Gasteiger partial charge is 0.289 e. The lowest BCUT2D eigenvalue weighted by Crippen LogP contribution is -2.44. The van der Waals surface area contributed by atoms with Gasteiger partial charge in [0.15, 0.2) is 5.76 Å². The molecule has 0 radical (unpaired) electrons. The number of benzene rings is 2. The Balaban J connectivity index is 1.04. The highest BCUT2D eigenvalue weighted by Crippen LogP contribution is 2.33. The normalized spacial score (nSPS) is 21.2. The zero-order valence-corrected chi connectivity index (χ0v) is 25.2. The van der Waals surface area contributed by atoms with E-state index in [1.54, 1.807) is 6.92 Å². The fraction of sp³-hybridized carbons (Fsp3) is 0.485. The van der Waals surface area contributed by atoms with Crippen LogP contribution in [0, 0.1) is 24.7 Å². The summed E-state index contributed by atoms with van der Waals surface area (Å²) in [4.78, 5) is 46.8. The average molecular weight is 591 g/mol. The zero-order valence-electron chi connectivity index (χ0n) is 24.4. The Morgan fingerprint density at radius 1 is 0.952 bits per heavy atom. The Morgan fingerprint density at radius 3 is 2.33 bits per heavy atom. The van der Waals surface area contributed by atoms with Crippen LogP contribution < -0.4 is 4.90 Å². The summed E-state index contributed by atoms with van der Waals surface area (Å²) in [6, 6.07) is 15.4. The summed E-state index contributed by atoms with van der Waals surface area (Å²) in [5.74, 6) is 1.41. The van der Waals surface area contributed by atoms with Crippen molar-refractivity contribution in [3.63, 3.8) is 0 Å². The van der Waals surface area contributed by atoms with E-state index < -0.39 is 0 Å². The van der Waals surface area contributed by atoms with E-state index >= 15 is 0 Å². The van der Waals surface area contributed by atoms with Gasteiger partial charge < -0.3 is 24.0 Å². The second-order valence-electron chi connectivity index (χ2n) is 12.2. The van der Waals surface area contributed by atoms with Gasteiger partial charge in [0.1, 0.15) is 5.58 Å². The summed E-state index contributed by atoms with van der Waals surface area (Å²) < 4.78 is 5.83. The third-order valence-corrected chi connectivity index (χ3v) is 9.77. The molecule has 6 rings (SSSR count). The number of furan rings is 1. The van der Waals surface area contributed by atoms with Crippen molar-refractivity contribution in [3.05, 3.63) is 64.9 Å². The van der Waals surface area contributed by atoms with E-state index in [0.717, 1.165) is 61.4 Å². The summed E-state index contributed by atoms with van der Waals surface area (Å²) in [6.45, 7) is 9.75.